The fraction of sp³-hybridized carbons (Fsp3) is 0.588. The molecular formula is C17H24ClN7O3. The molecule has 4 heterocycles. The molecule has 0 spiro atoms. The lowest BCUT2D eigenvalue weighted by molar-refractivity contribution is 0.223. The Morgan fingerprint density at radius 1 is 1.14 bits per heavy atom. The molecule has 10 nitrogen and oxygen atoms in total. The number of rotatable bonds is 6. The lowest BCUT2D eigenvalue weighted by Crippen LogP contribution is -2.31. The number of aromatic amines is 1. The summed E-state index contributed by atoms with van der Waals surface area (Å²) in [6.45, 7) is 3.71. The van der Waals surface area contributed by atoms with Crippen LogP contribution in [0.4, 0.5) is 0 Å². The predicted molar refractivity (Wildman–Crippen MR) is 105 cm³/mol. The molecule has 0 unspecified atom stereocenters. The molecule has 0 atom stereocenters. The van der Waals surface area contributed by atoms with Gasteiger partial charge in [-0.1, -0.05) is 11.6 Å². The van der Waals surface area contributed by atoms with Crippen LogP contribution in [0.3, 0.4) is 0 Å². The zero-order chi connectivity index (χ0) is 18.8. The smallest absolute Gasteiger partial charge is 0.329 e. The highest BCUT2D eigenvalue weighted by molar-refractivity contribution is 5.85. The van der Waals surface area contributed by atoms with Gasteiger partial charge >= 0.3 is 5.69 Å². The fourth-order valence-corrected chi connectivity index (χ4v) is 3.51. The van der Waals surface area contributed by atoms with Crippen LogP contribution in [0.15, 0.2) is 20.4 Å². The number of fused-ring (bicyclic) bond motifs is 1. The first kappa shape index (κ1) is 20.3. The monoisotopic (exact) mass is 409 g/mol. The van der Waals surface area contributed by atoms with Crippen LogP contribution in [0.5, 0.6) is 0 Å². The van der Waals surface area contributed by atoms with Crippen LogP contribution in [0.25, 0.3) is 11.2 Å². The van der Waals surface area contributed by atoms with Gasteiger partial charge in [-0.15, -0.1) is 12.4 Å². The molecule has 0 aromatic carbocycles. The quantitative estimate of drug-likeness (QED) is 0.630. The highest BCUT2D eigenvalue weighted by Gasteiger charge is 2.14. The standard InChI is InChI=1S/C17H23N7O3.ClH/c1-22-15-14(16(25)20-17(22)26)24(11-18-15)10-5-12-19-13(27-21-12)6-9-23-7-3-2-4-8-23;/h11H,2-10H2,1H3,(H,20,25,26);1H. The second-order valence-corrected chi connectivity index (χ2v) is 6.94. The van der Waals surface area contributed by atoms with Gasteiger partial charge in [0.25, 0.3) is 5.56 Å². The molecule has 0 amide bonds. The van der Waals surface area contributed by atoms with Gasteiger partial charge in [-0.2, -0.15) is 4.98 Å². The fourth-order valence-electron chi connectivity index (χ4n) is 3.51. The number of halogens is 1. The van der Waals surface area contributed by atoms with Crippen LogP contribution < -0.4 is 11.2 Å². The number of piperidine rings is 1. The lowest BCUT2D eigenvalue weighted by Gasteiger charge is -2.25. The zero-order valence-corrected chi connectivity index (χ0v) is 16.6. The minimum absolute atomic E-state index is 0. The molecule has 1 aliphatic heterocycles. The van der Waals surface area contributed by atoms with Gasteiger partial charge in [-0.25, -0.2) is 9.78 Å². The van der Waals surface area contributed by atoms with Crippen molar-refractivity contribution in [2.45, 2.75) is 38.6 Å². The van der Waals surface area contributed by atoms with E-state index >= 15 is 0 Å². The Kier molecular flexibility index (Phi) is 6.30. The van der Waals surface area contributed by atoms with Crippen LogP contribution in [0.1, 0.15) is 31.0 Å². The summed E-state index contributed by atoms with van der Waals surface area (Å²) in [7, 11) is 1.58. The molecule has 0 bridgehead atoms. The minimum Gasteiger partial charge on any atom is -0.339 e. The van der Waals surface area contributed by atoms with Gasteiger partial charge in [-0.05, 0) is 25.9 Å². The van der Waals surface area contributed by atoms with Crippen LogP contribution in [-0.4, -0.2) is 53.8 Å². The van der Waals surface area contributed by atoms with Crippen molar-refractivity contribution in [3.8, 4) is 0 Å². The van der Waals surface area contributed by atoms with Crippen molar-refractivity contribution in [1.29, 1.82) is 0 Å². The highest BCUT2D eigenvalue weighted by atomic mass is 35.5. The Morgan fingerprint density at radius 3 is 2.71 bits per heavy atom. The van der Waals surface area contributed by atoms with E-state index in [0.29, 0.717) is 35.8 Å². The van der Waals surface area contributed by atoms with Crippen LogP contribution in [0.2, 0.25) is 0 Å². The van der Waals surface area contributed by atoms with Crippen LogP contribution in [-0.2, 0) is 26.4 Å². The van der Waals surface area contributed by atoms with Crippen molar-refractivity contribution in [2.24, 2.45) is 7.05 Å². The molecule has 0 saturated carbocycles. The first-order chi connectivity index (χ1) is 13.1. The molecule has 28 heavy (non-hydrogen) atoms. The van der Waals surface area contributed by atoms with E-state index in [1.807, 2.05) is 0 Å². The molecular weight excluding hydrogens is 386 g/mol. The van der Waals surface area contributed by atoms with Crippen molar-refractivity contribution in [3.05, 3.63) is 38.9 Å². The molecule has 0 aliphatic carbocycles. The SMILES string of the molecule is Cl.Cn1c(=O)[nH]c(=O)c2c1ncn2CCc1noc(CCN2CCCCC2)n1. The van der Waals surface area contributed by atoms with Gasteiger partial charge in [0.2, 0.25) is 5.89 Å². The van der Waals surface area contributed by atoms with Crippen molar-refractivity contribution in [1.82, 2.24) is 34.1 Å². The number of nitrogens with zero attached hydrogens (tertiary/aromatic N) is 6. The van der Waals surface area contributed by atoms with Crippen LogP contribution >= 0.6 is 12.4 Å². The van der Waals surface area contributed by atoms with E-state index in [0.717, 1.165) is 26.1 Å². The first-order valence-electron chi connectivity index (χ1n) is 9.30. The number of nitrogens with one attached hydrogen (secondary N) is 1. The Hall–Kier alpha value is -2.46. The number of imidazole rings is 1. The molecule has 1 N–H and O–H groups in total. The molecule has 3 aromatic rings. The van der Waals surface area contributed by atoms with Gasteiger partial charge in [0, 0.05) is 33.0 Å². The number of H-pyrrole nitrogens is 1. The van der Waals surface area contributed by atoms with Crippen molar-refractivity contribution in [3.63, 3.8) is 0 Å². The Morgan fingerprint density at radius 2 is 1.93 bits per heavy atom. The number of aromatic nitrogens is 6. The third-order valence-corrected chi connectivity index (χ3v) is 5.05. The maximum Gasteiger partial charge on any atom is 0.329 e. The third-order valence-electron chi connectivity index (χ3n) is 5.05. The molecule has 0 radical (unpaired) electrons. The predicted octanol–water partition coefficient (Wildman–Crippen LogP) is 0.499. The molecule has 152 valence electrons. The maximum absolute atomic E-state index is 12.1. The van der Waals surface area contributed by atoms with E-state index < -0.39 is 11.2 Å². The normalized spacial score (nSPS) is 15.0. The molecule has 1 fully saturated rings. The van der Waals surface area contributed by atoms with Crippen molar-refractivity contribution in [2.75, 3.05) is 19.6 Å². The molecule has 4 rings (SSSR count). The third kappa shape index (κ3) is 4.17. The average molecular weight is 410 g/mol. The van der Waals surface area contributed by atoms with Crippen molar-refractivity contribution >= 4 is 23.6 Å². The molecule has 3 aromatic heterocycles. The maximum atomic E-state index is 12.1. The van der Waals surface area contributed by atoms with E-state index in [1.54, 1.807) is 17.9 Å². The van der Waals surface area contributed by atoms with Gasteiger partial charge < -0.3 is 14.0 Å². The first-order valence-corrected chi connectivity index (χ1v) is 9.30. The average Bonchev–Trinajstić information content (AvgIpc) is 3.31. The number of hydrogen-bond donors (Lipinski definition) is 1. The van der Waals surface area contributed by atoms with E-state index in [-0.39, 0.29) is 12.4 Å². The minimum atomic E-state index is -0.478. The second-order valence-electron chi connectivity index (χ2n) is 6.94. The van der Waals surface area contributed by atoms with Gasteiger partial charge in [0.1, 0.15) is 0 Å². The zero-order valence-electron chi connectivity index (χ0n) is 15.8. The van der Waals surface area contributed by atoms with E-state index in [1.165, 1.54) is 23.8 Å². The Balaban J connectivity index is 0.00000225. The van der Waals surface area contributed by atoms with Crippen molar-refractivity contribution < 1.29 is 4.52 Å². The summed E-state index contributed by atoms with van der Waals surface area (Å²) in [5.74, 6) is 1.25. The molecule has 1 saturated heterocycles. The van der Waals surface area contributed by atoms with Gasteiger partial charge in [0.05, 0.1) is 6.33 Å². The molecule has 11 heteroatoms. The van der Waals surface area contributed by atoms with E-state index in [2.05, 4.69) is 25.0 Å². The summed E-state index contributed by atoms with van der Waals surface area (Å²) in [4.78, 5) is 37.1. The number of hydrogen-bond acceptors (Lipinski definition) is 7. The summed E-state index contributed by atoms with van der Waals surface area (Å²) in [6, 6.07) is 0. The summed E-state index contributed by atoms with van der Waals surface area (Å²) in [5, 5.41) is 4.03. The Labute approximate surface area is 167 Å². The van der Waals surface area contributed by atoms with Crippen LogP contribution in [0, 0.1) is 0 Å². The largest absolute Gasteiger partial charge is 0.339 e. The number of likely N-dealkylation sites (tertiary alicyclic amines) is 1. The highest BCUT2D eigenvalue weighted by Crippen LogP contribution is 2.10. The summed E-state index contributed by atoms with van der Waals surface area (Å²) in [5.41, 5.74) is -0.194. The topological polar surface area (TPSA) is 115 Å². The summed E-state index contributed by atoms with van der Waals surface area (Å²) < 4.78 is 8.37. The summed E-state index contributed by atoms with van der Waals surface area (Å²) >= 11 is 0. The lowest BCUT2D eigenvalue weighted by atomic mass is 10.1. The number of aryl methyl sites for hydroxylation is 3. The van der Waals surface area contributed by atoms with Gasteiger partial charge in [-0.3, -0.25) is 14.3 Å². The second kappa shape index (κ2) is 8.70. The summed E-state index contributed by atoms with van der Waals surface area (Å²) in [6.07, 6.45) is 6.67. The van der Waals surface area contributed by atoms with Gasteiger partial charge in [0.15, 0.2) is 17.0 Å². The Bertz CT molecular complexity index is 1050. The van der Waals surface area contributed by atoms with E-state index in [4.69, 9.17) is 4.52 Å². The molecule has 1 aliphatic rings. The van der Waals surface area contributed by atoms with E-state index in [9.17, 15) is 9.59 Å².